The normalized spacial score (nSPS) is 12.2. The Kier molecular flexibility index (Phi) is 4.43. The first-order valence-corrected chi connectivity index (χ1v) is 7.60. The third kappa shape index (κ3) is 3.36. The van der Waals surface area contributed by atoms with Crippen LogP contribution in [0.1, 0.15) is 17.2 Å². The number of fused-ring (bicyclic) bond motifs is 1. The molecule has 2 aromatic heterocycles. The molecule has 1 aromatic carbocycles. The molecule has 3 rings (SSSR count). The van der Waals surface area contributed by atoms with E-state index in [9.17, 15) is 14.7 Å². The minimum absolute atomic E-state index is 0.0734. The lowest BCUT2D eigenvalue weighted by Gasteiger charge is -2.12. The number of carbonyl (C=O) groups excluding carboxylic acids is 1. The Hall–Kier alpha value is -2.93. The van der Waals surface area contributed by atoms with E-state index in [0.29, 0.717) is 5.65 Å². The predicted molar refractivity (Wildman–Crippen MR) is 88.6 cm³/mol. The van der Waals surface area contributed by atoms with Crippen molar-refractivity contribution in [3.05, 3.63) is 70.3 Å². The quantitative estimate of drug-likeness (QED) is 0.721. The highest BCUT2D eigenvalue weighted by Crippen LogP contribution is 2.12. The van der Waals surface area contributed by atoms with Crippen molar-refractivity contribution in [3.63, 3.8) is 0 Å². The molecule has 0 aliphatic rings. The molecule has 0 spiro atoms. The Labute approximate surface area is 138 Å². The van der Waals surface area contributed by atoms with Crippen molar-refractivity contribution in [2.45, 2.75) is 19.6 Å². The Morgan fingerprint density at radius 1 is 1.25 bits per heavy atom. The number of amides is 1. The van der Waals surface area contributed by atoms with E-state index in [1.807, 2.05) is 31.2 Å². The number of carbonyl (C=O) groups is 1. The molecular weight excluding hydrogens is 308 g/mol. The van der Waals surface area contributed by atoms with Crippen LogP contribution >= 0.6 is 0 Å². The lowest BCUT2D eigenvalue weighted by Crippen LogP contribution is -2.34. The van der Waals surface area contributed by atoms with E-state index >= 15 is 0 Å². The molecule has 0 radical (unpaired) electrons. The van der Waals surface area contributed by atoms with E-state index in [4.69, 9.17) is 0 Å². The van der Waals surface area contributed by atoms with Crippen LogP contribution in [0.3, 0.4) is 0 Å². The smallest absolute Gasteiger partial charge is 0.350 e. The highest BCUT2D eigenvalue weighted by Gasteiger charge is 2.12. The second-order valence-corrected chi connectivity index (χ2v) is 5.60. The molecule has 0 saturated carbocycles. The average Bonchev–Trinajstić information content (AvgIpc) is 2.89. The van der Waals surface area contributed by atoms with Crippen LogP contribution < -0.4 is 11.0 Å². The van der Waals surface area contributed by atoms with Gasteiger partial charge in [-0.25, -0.2) is 9.48 Å². The molecule has 0 aliphatic heterocycles. The number of aliphatic hydroxyl groups is 1. The summed E-state index contributed by atoms with van der Waals surface area (Å²) in [6.07, 6.45) is 0.799. The van der Waals surface area contributed by atoms with Gasteiger partial charge in [-0.05, 0) is 24.6 Å². The first-order chi connectivity index (χ1) is 11.5. The summed E-state index contributed by atoms with van der Waals surface area (Å²) < 4.78 is 2.47. The predicted octanol–water partition coefficient (Wildman–Crippen LogP) is 0.654. The Morgan fingerprint density at radius 2 is 2.00 bits per heavy atom. The van der Waals surface area contributed by atoms with Crippen LogP contribution in [0.5, 0.6) is 0 Å². The largest absolute Gasteiger partial charge is 0.387 e. The summed E-state index contributed by atoms with van der Waals surface area (Å²) in [5, 5.41) is 16.8. The zero-order valence-electron chi connectivity index (χ0n) is 13.2. The van der Waals surface area contributed by atoms with Crippen LogP contribution in [0.15, 0.2) is 53.5 Å². The van der Waals surface area contributed by atoms with Gasteiger partial charge in [-0.15, -0.1) is 5.10 Å². The number of benzene rings is 1. The number of rotatable bonds is 5. The molecule has 0 aliphatic carbocycles. The van der Waals surface area contributed by atoms with Gasteiger partial charge in [0, 0.05) is 12.7 Å². The SMILES string of the molecule is Cc1ccc(C(O)CNC(=O)Cn2nc3ccccn3c2=O)cc1. The number of aromatic nitrogens is 3. The van der Waals surface area contributed by atoms with Gasteiger partial charge in [0.15, 0.2) is 5.65 Å². The van der Waals surface area contributed by atoms with Crippen molar-refractivity contribution >= 4 is 11.6 Å². The highest BCUT2D eigenvalue weighted by molar-refractivity contribution is 5.75. The molecule has 7 nitrogen and oxygen atoms in total. The van der Waals surface area contributed by atoms with Gasteiger partial charge >= 0.3 is 5.69 Å². The van der Waals surface area contributed by atoms with Crippen LogP contribution in [0.25, 0.3) is 5.65 Å². The van der Waals surface area contributed by atoms with Crippen molar-refractivity contribution < 1.29 is 9.90 Å². The summed E-state index contributed by atoms with van der Waals surface area (Å²) in [5.74, 6) is -0.383. The molecule has 2 heterocycles. The van der Waals surface area contributed by atoms with Crippen LogP contribution in [-0.2, 0) is 11.3 Å². The number of aryl methyl sites for hydroxylation is 1. The zero-order chi connectivity index (χ0) is 17.1. The maximum absolute atomic E-state index is 12.1. The first kappa shape index (κ1) is 15.9. The van der Waals surface area contributed by atoms with E-state index in [-0.39, 0.29) is 24.7 Å². The van der Waals surface area contributed by atoms with Crippen molar-refractivity contribution in [2.24, 2.45) is 0 Å². The van der Waals surface area contributed by atoms with Crippen molar-refractivity contribution in [3.8, 4) is 0 Å². The first-order valence-electron chi connectivity index (χ1n) is 7.60. The molecule has 1 amide bonds. The number of nitrogens with zero attached hydrogens (tertiary/aromatic N) is 3. The van der Waals surface area contributed by atoms with Gasteiger partial charge in [-0.1, -0.05) is 35.9 Å². The summed E-state index contributed by atoms with van der Waals surface area (Å²) in [4.78, 5) is 24.1. The van der Waals surface area contributed by atoms with Gasteiger partial charge in [-0.3, -0.25) is 9.20 Å². The third-order valence-electron chi connectivity index (χ3n) is 3.74. The number of hydrogen-bond acceptors (Lipinski definition) is 4. The van der Waals surface area contributed by atoms with E-state index in [1.165, 1.54) is 4.40 Å². The summed E-state index contributed by atoms with van der Waals surface area (Å²) in [7, 11) is 0. The number of aliphatic hydroxyl groups excluding tert-OH is 1. The van der Waals surface area contributed by atoms with Crippen molar-refractivity contribution in [1.82, 2.24) is 19.5 Å². The monoisotopic (exact) mass is 326 g/mol. The van der Waals surface area contributed by atoms with E-state index < -0.39 is 6.10 Å². The van der Waals surface area contributed by atoms with E-state index in [2.05, 4.69) is 10.4 Å². The maximum Gasteiger partial charge on any atom is 0.350 e. The van der Waals surface area contributed by atoms with Crippen LogP contribution in [0, 0.1) is 6.92 Å². The summed E-state index contributed by atoms with van der Waals surface area (Å²) in [5.41, 5.74) is 1.93. The highest BCUT2D eigenvalue weighted by atomic mass is 16.3. The summed E-state index contributed by atoms with van der Waals surface area (Å²) in [6.45, 7) is 1.84. The molecule has 24 heavy (non-hydrogen) atoms. The number of hydrogen-bond donors (Lipinski definition) is 2. The van der Waals surface area contributed by atoms with Gasteiger partial charge in [-0.2, -0.15) is 0 Å². The van der Waals surface area contributed by atoms with E-state index in [0.717, 1.165) is 15.8 Å². The minimum atomic E-state index is -0.799. The van der Waals surface area contributed by atoms with Gasteiger partial charge in [0.25, 0.3) is 0 Å². The second-order valence-electron chi connectivity index (χ2n) is 5.60. The van der Waals surface area contributed by atoms with Gasteiger partial charge in [0.1, 0.15) is 6.54 Å². The third-order valence-corrected chi connectivity index (χ3v) is 3.74. The lowest BCUT2D eigenvalue weighted by molar-refractivity contribution is -0.122. The van der Waals surface area contributed by atoms with Gasteiger partial charge < -0.3 is 10.4 Å². The van der Waals surface area contributed by atoms with Gasteiger partial charge in [0.05, 0.1) is 6.10 Å². The zero-order valence-corrected chi connectivity index (χ0v) is 13.2. The molecule has 3 aromatic rings. The number of nitrogens with one attached hydrogen (secondary N) is 1. The van der Waals surface area contributed by atoms with Crippen molar-refractivity contribution in [2.75, 3.05) is 6.54 Å². The topological polar surface area (TPSA) is 88.6 Å². The molecular formula is C17H18N4O3. The fraction of sp³-hybridized carbons (Fsp3) is 0.235. The van der Waals surface area contributed by atoms with Crippen LogP contribution in [-0.4, -0.2) is 31.7 Å². The van der Waals surface area contributed by atoms with Crippen LogP contribution in [0.2, 0.25) is 0 Å². The molecule has 0 bridgehead atoms. The Morgan fingerprint density at radius 3 is 2.71 bits per heavy atom. The molecule has 124 valence electrons. The van der Waals surface area contributed by atoms with Gasteiger partial charge in [0.2, 0.25) is 5.91 Å². The van der Waals surface area contributed by atoms with Crippen molar-refractivity contribution in [1.29, 1.82) is 0 Å². The minimum Gasteiger partial charge on any atom is -0.387 e. The summed E-state index contributed by atoms with van der Waals surface area (Å²) >= 11 is 0. The fourth-order valence-corrected chi connectivity index (χ4v) is 2.38. The molecule has 0 fully saturated rings. The Balaban J connectivity index is 1.62. The standard InChI is InChI=1S/C17H18N4O3/c1-12-5-7-13(8-6-12)14(22)10-18-16(23)11-21-17(24)20-9-3-2-4-15(20)19-21/h2-9,14,22H,10-11H2,1H3,(H,18,23). The molecule has 7 heteroatoms. The number of pyridine rings is 1. The van der Waals surface area contributed by atoms with E-state index in [1.54, 1.807) is 24.4 Å². The second kappa shape index (κ2) is 6.67. The summed E-state index contributed by atoms with van der Waals surface area (Å²) in [6, 6.07) is 12.6. The molecule has 2 N–H and O–H groups in total. The lowest BCUT2D eigenvalue weighted by atomic mass is 10.1. The molecule has 1 atom stereocenters. The fourth-order valence-electron chi connectivity index (χ4n) is 2.38. The maximum atomic E-state index is 12.1. The molecule has 0 saturated heterocycles. The Bertz CT molecular complexity index is 911. The van der Waals surface area contributed by atoms with Crippen LogP contribution in [0.4, 0.5) is 0 Å². The average molecular weight is 326 g/mol. The molecule has 1 unspecified atom stereocenters.